The summed E-state index contributed by atoms with van der Waals surface area (Å²) < 4.78 is 0. The molecule has 5 nitrogen and oxygen atoms in total. The summed E-state index contributed by atoms with van der Waals surface area (Å²) >= 11 is 1.36. The zero-order valence-corrected chi connectivity index (χ0v) is 13.6. The smallest absolute Gasteiger partial charge is 0.250 e. The third kappa shape index (κ3) is 4.35. The molecule has 2 aromatic rings. The van der Waals surface area contributed by atoms with Gasteiger partial charge in [-0.1, -0.05) is 47.6 Å². The Balaban J connectivity index is 1.47. The highest BCUT2D eigenvalue weighted by atomic mass is 32.2. The molecule has 1 heterocycles. The molecule has 3 rings (SSSR count). The molecule has 1 aliphatic carbocycles. The van der Waals surface area contributed by atoms with E-state index in [2.05, 4.69) is 46.6 Å². The van der Waals surface area contributed by atoms with Gasteiger partial charge in [0.15, 0.2) is 5.16 Å². The van der Waals surface area contributed by atoms with E-state index in [0.29, 0.717) is 0 Å². The molecule has 1 aromatic carbocycles. The molecule has 1 unspecified atom stereocenters. The number of benzene rings is 1. The molecule has 1 amide bonds. The minimum absolute atomic E-state index is 0.140. The second-order valence-corrected chi connectivity index (χ2v) is 6.34. The number of allylic oxidation sites excluding steroid dienone is 4. The van der Waals surface area contributed by atoms with Crippen LogP contribution in [0.5, 0.6) is 0 Å². The maximum absolute atomic E-state index is 11.8. The van der Waals surface area contributed by atoms with Crippen molar-refractivity contribution in [2.45, 2.75) is 11.6 Å². The van der Waals surface area contributed by atoms with Crippen molar-refractivity contribution in [1.82, 2.24) is 15.4 Å². The fourth-order valence-corrected chi connectivity index (χ4v) is 3.02. The van der Waals surface area contributed by atoms with Crippen LogP contribution in [0.1, 0.15) is 6.42 Å². The van der Waals surface area contributed by atoms with E-state index < -0.39 is 0 Å². The van der Waals surface area contributed by atoms with Crippen LogP contribution in [-0.2, 0) is 4.79 Å². The summed E-state index contributed by atoms with van der Waals surface area (Å²) in [6.45, 7) is 0. The molecule has 0 radical (unpaired) electrons. The molecule has 2 N–H and O–H groups in total. The average Bonchev–Trinajstić information content (AvgIpc) is 2.96. The molecule has 1 aliphatic rings. The number of amides is 1. The van der Waals surface area contributed by atoms with Crippen molar-refractivity contribution in [2.75, 3.05) is 5.75 Å². The van der Waals surface area contributed by atoms with Crippen molar-refractivity contribution in [2.24, 2.45) is 11.0 Å². The zero-order valence-electron chi connectivity index (χ0n) is 12.8. The predicted molar refractivity (Wildman–Crippen MR) is 97.3 cm³/mol. The number of carbonyl (C=O) groups is 1. The van der Waals surface area contributed by atoms with Gasteiger partial charge >= 0.3 is 0 Å². The Bertz CT molecular complexity index is 763. The minimum atomic E-state index is -0.140. The van der Waals surface area contributed by atoms with Crippen molar-refractivity contribution in [3.8, 4) is 0 Å². The minimum Gasteiger partial charge on any atom is -0.333 e. The lowest BCUT2D eigenvalue weighted by Crippen LogP contribution is -2.20. The van der Waals surface area contributed by atoms with E-state index in [4.69, 9.17) is 0 Å². The second-order valence-electron chi connectivity index (χ2n) is 5.37. The maximum Gasteiger partial charge on any atom is 0.250 e. The summed E-state index contributed by atoms with van der Waals surface area (Å²) in [6.07, 6.45) is 9.04. The topological polar surface area (TPSA) is 70.1 Å². The standard InChI is InChI=1S/C16H17BN4OS/c17-12-5-3-4-11(8-12)9-18-21-15(22)10-23-16-19-13-6-1-2-7-14(13)20-16/h1-3,5-9,11H,4,10,17H2,(H,19,20)(H,21,22)/b18-9+. The number of aromatic amines is 1. The van der Waals surface area contributed by atoms with Crippen LogP contribution in [0.2, 0.25) is 0 Å². The fourth-order valence-electron chi connectivity index (χ4n) is 2.35. The fraction of sp³-hybridized carbons (Fsp3) is 0.188. The molecule has 1 atom stereocenters. The Morgan fingerprint density at radius 2 is 2.39 bits per heavy atom. The van der Waals surface area contributed by atoms with Gasteiger partial charge in [0.25, 0.3) is 5.91 Å². The number of carbonyl (C=O) groups excluding carboxylic acids is 1. The predicted octanol–water partition coefficient (Wildman–Crippen LogP) is 1.85. The second kappa shape index (κ2) is 7.33. The number of nitrogens with one attached hydrogen (secondary N) is 2. The summed E-state index contributed by atoms with van der Waals surface area (Å²) in [5.41, 5.74) is 5.66. The van der Waals surface area contributed by atoms with Crippen LogP contribution >= 0.6 is 11.8 Å². The third-order valence-corrected chi connectivity index (χ3v) is 4.30. The van der Waals surface area contributed by atoms with Crippen molar-refractivity contribution >= 4 is 42.8 Å². The normalized spacial score (nSPS) is 17.6. The van der Waals surface area contributed by atoms with Crippen molar-refractivity contribution in [1.29, 1.82) is 0 Å². The van der Waals surface area contributed by atoms with Crippen LogP contribution in [0.15, 0.2) is 58.2 Å². The number of thioether (sulfide) groups is 1. The van der Waals surface area contributed by atoms with Crippen LogP contribution in [0.3, 0.4) is 0 Å². The van der Waals surface area contributed by atoms with E-state index in [-0.39, 0.29) is 17.6 Å². The quantitative estimate of drug-likeness (QED) is 0.382. The molecule has 23 heavy (non-hydrogen) atoms. The van der Waals surface area contributed by atoms with Gasteiger partial charge in [-0.15, -0.1) is 0 Å². The van der Waals surface area contributed by atoms with Crippen molar-refractivity contribution in [3.05, 3.63) is 48.0 Å². The van der Waals surface area contributed by atoms with Crippen LogP contribution in [-0.4, -0.2) is 35.7 Å². The summed E-state index contributed by atoms with van der Waals surface area (Å²) in [6, 6.07) is 7.79. The highest BCUT2D eigenvalue weighted by Crippen LogP contribution is 2.18. The number of hydrogen-bond acceptors (Lipinski definition) is 4. The molecule has 0 saturated heterocycles. The van der Waals surface area contributed by atoms with Gasteiger partial charge < -0.3 is 4.98 Å². The largest absolute Gasteiger partial charge is 0.333 e. The van der Waals surface area contributed by atoms with Gasteiger partial charge in [-0.05, 0) is 18.6 Å². The molecule has 0 bridgehead atoms. The highest BCUT2D eigenvalue weighted by Gasteiger charge is 2.07. The Kier molecular flexibility index (Phi) is 4.97. The highest BCUT2D eigenvalue weighted by molar-refractivity contribution is 7.99. The number of aromatic nitrogens is 2. The summed E-state index contributed by atoms with van der Waals surface area (Å²) in [4.78, 5) is 19.4. The Morgan fingerprint density at radius 3 is 3.22 bits per heavy atom. The number of rotatable bonds is 5. The summed E-state index contributed by atoms with van der Waals surface area (Å²) in [5.74, 6) is 0.387. The number of fused-ring (bicyclic) bond motifs is 1. The van der Waals surface area contributed by atoms with Gasteiger partial charge in [0.2, 0.25) is 0 Å². The molecular formula is C16H17BN4OS. The first-order chi connectivity index (χ1) is 11.2. The van der Waals surface area contributed by atoms with Crippen LogP contribution in [0.4, 0.5) is 0 Å². The number of imidazole rings is 1. The zero-order chi connectivity index (χ0) is 16.1. The van der Waals surface area contributed by atoms with Gasteiger partial charge in [-0.3, -0.25) is 4.79 Å². The van der Waals surface area contributed by atoms with E-state index in [1.54, 1.807) is 6.21 Å². The third-order valence-electron chi connectivity index (χ3n) is 3.43. The molecule has 0 fully saturated rings. The number of para-hydroxylation sites is 2. The first-order valence-electron chi connectivity index (χ1n) is 7.45. The van der Waals surface area contributed by atoms with Gasteiger partial charge in [0, 0.05) is 12.1 Å². The van der Waals surface area contributed by atoms with E-state index in [1.807, 2.05) is 24.3 Å². The lowest BCUT2D eigenvalue weighted by molar-refractivity contribution is -0.118. The first-order valence-corrected chi connectivity index (χ1v) is 8.44. The number of hydrazone groups is 1. The van der Waals surface area contributed by atoms with Gasteiger partial charge in [0.1, 0.15) is 7.85 Å². The Hall–Kier alpha value is -2.28. The van der Waals surface area contributed by atoms with Crippen molar-refractivity contribution in [3.63, 3.8) is 0 Å². The first kappa shape index (κ1) is 15.6. The molecular weight excluding hydrogens is 307 g/mol. The maximum atomic E-state index is 11.8. The number of H-pyrrole nitrogens is 1. The molecule has 7 heteroatoms. The molecule has 0 saturated carbocycles. The van der Waals surface area contributed by atoms with Gasteiger partial charge in [-0.25, -0.2) is 10.4 Å². The van der Waals surface area contributed by atoms with E-state index in [9.17, 15) is 4.79 Å². The monoisotopic (exact) mass is 324 g/mol. The Morgan fingerprint density at radius 1 is 1.52 bits per heavy atom. The van der Waals surface area contributed by atoms with Crippen molar-refractivity contribution < 1.29 is 4.79 Å². The Labute approximate surface area is 139 Å². The lowest BCUT2D eigenvalue weighted by Gasteiger charge is -2.09. The average molecular weight is 324 g/mol. The molecule has 116 valence electrons. The van der Waals surface area contributed by atoms with Crippen LogP contribution in [0.25, 0.3) is 11.0 Å². The van der Waals surface area contributed by atoms with E-state index in [0.717, 1.165) is 22.6 Å². The van der Waals surface area contributed by atoms with Gasteiger partial charge in [-0.2, -0.15) is 5.10 Å². The van der Waals surface area contributed by atoms with Gasteiger partial charge in [0.05, 0.1) is 16.8 Å². The number of nitrogens with zero attached hydrogens (tertiary/aromatic N) is 2. The van der Waals surface area contributed by atoms with E-state index in [1.165, 1.54) is 17.2 Å². The summed E-state index contributed by atoms with van der Waals surface area (Å²) in [7, 11) is 2.05. The van der Waals surface area contributed by atoms with E-state index >= 15 is 0 Å². The lowest BCUT2D eigenvalue weighted by atomic mass is 9.86. The molecule has 0 spiro atoms. The number of hydrogen-bond donors (Lipinski definition) is 2. The van der Waals surface area contributed by atoms with Crippen LogP contribution in [0, 0.1) is 5.92 Å². The molecule has 0 aliphatic heterocycles. The van der Waals surface area contributed by atoms with Crippen LogP contribution < -0.4 is 5.43 Å². The molecule has 1 aromatic heterocycles. The SMILES string of the molecule is BC1=CC(/C=N/NC(=O)CSc2nc3ccccc3[nH]2)CC=C1. The summed E-state index contributed by atoms with van der Waals surface area (Å²) in [5, 5.41) is 4.77.